The Morgan fingerprint density at radius 2 is 2.13 bits per heavy atom. The highest BCUT2D eigenvalue weighted by molar-refractivity contribution is 6.04. The van der Waals surface area contributed by atoms with Crippen LogP contribution in [0.1, 0.15) is 42.6 Å². The van der Waals surface area contributed by atoms with Crippen molar-refractivity contribution in [1.82, 2.24) is 10.2 Å². The summed E-state index contributed by atoms with van der Waals surface area (Å²) in [6.45, 7) is 3.52. The van der Waals surface area contributed by atoms with Crippen molar-refractivity contribution in [2.45, 2.75) is 39.3 Å². The molecule has 2 rings (SSSR count). The SMILES string of the molecule is CCCC(C(=O)NC=O)N1Cc2c(NC(C)=O)cccc2C1=O. The Balaban J connectivity index is 2.33. The number of hydrogen-bond donors (Lipinski definition) is 2. The van der Waals surface area contributed by atoms with E-state index in [2.05, 4.69) is 10.6 Å². The van der Waals surface area contributed by atoms with Crippen molar-refractivity contribution in [1.29, 1.82) is 0 Å². The number of carbonyl (C=O) groups excluding carboxylic acids is 4. The average molecular weight is 317 g/mol. The molecule has 1 heterocycles. The Kier molecular flexibility index (Phi) is 5.10. The third-order valence-corrected chi connectivity index (χ3v) is 3.75. The number of hydrogen-bond acceptors (Lipinski definition) is 4. The summed E-state index contributed by atoms with van der Waals surface area (Å²) in [5, 5.41) is 4.82. The molecule has 122 valence electrons. The van der Waals surface area contributed by atoms with Gasteiger partial charge in [0.25, 0.3) is 5.91 Å². The van der Waals surface area contributed by atoms with Crippen LogP contribution in [0, 0.1) is 0 Å². The normalized spacial score (nSPS) is 14.2. The van der Waals surface area contributed by atoms with Gasteiger partial charge in [-0.3, -0.25) is 24.5 Å². The summed E-state index contributed by atoms with van der Waals surface area (Å²) in [4.78, 5) is 47.9. The van der Waals surface area contributed by atoms with E-state index in [1.165, 1.54) is 11.8 Å². The Morgan fingerprint density at radius 1 is 1.39 bits per heavy atom. The maximum Gasteiger partial charge on any atom is 0.255 e. The van der Waals surface area contributed by atoms with Crippen LogP contribution in [0.5, 0.6) is 0 Å². The third-order valence-electron chi connectivity index (χ3n) is 3.75. The molecule has 1 aromatic rings. The average Bonchev–Trinajstić information content (AvgIpc) is 2.83. The van der Waals surface area contributed by atoms with E-state index in [0.717, 1.165) is 0 Å². The van der Waals surface area contributed by atoms with Gasteiger partial charge in [-0.15, -0.1) is 0 Å². The number of benzene rings is 1. The van der Waals surface area contributed by atoms with Crippen LogP contribution in [0.3, 0.4) is 0 Å². The van der Waals surface area contributed by atoms with E-state index in [-0.39, 0.29) is 18.4 Å². The van der Waals surface area contributed by atoms with Gasteiger partial charge in [0, 0.05) is 30.3 Å². The molecule has 0 radical (unpaired) electrons. The van der Waals surface area contributed by atoms with Crippen molar-refractivity contribution in [3.63, 3.8) is 0 Å². The van der Waals surface area contributed by atoms with Crippen LogP contribution in [0.15, 0.2) is 18.2 Å². The van der Waals surface area contributed by atoms with Crippen molar-refractivity contribution >= 4 is 29.8 Å². The molecule has 0 saturated heterocycles. The molecular formula is C16H19N3O4. The largest absolute Gasteiger partial charge is 0.326 e. The minimum atomic E-state index is -0.713. The zero-order chi connectivity index (χ0) is 17.0. The number of imide groups is 1. The molecule has 1 atom stereocenters. The highest BCUT2D eigenvalue weighted by atomic mass is 16.2. The Hall–Kier alpha value is -2.70. The van der Waals surface area contributed by atoms with Gasteiger partial charge < -0.3 is 10.2 Å². The van der Waals surface area contributed by atoms with Crippen LogP contribution >= 0.6 is 0 Å². The molecule has 2 N–H and O–H groups in total. The molecule has 0 fully saturated rings. The first-order chi connectivity index (χ1) is 11.0. The lowest BCUT2D eigenvalue weighted by atomic mass is 10.1. The number of amides is 4. The molecule has 23 heavy (non-hydrogen) atoms. The van der Waals surface area contributed by atoms with Gasteiger partial charge in [-0.05, 0) is 18.6 Å². The minimum absolute atomic E-state index is 0.224. The molecule has 0 aliphatic carbocycles. The molecule has 1 unspecified atom stereocenters. The van der Waals surface area contributed by atoms with Gasteiger partial charge in [-0.2, -0.15) is 0 Å². The summed E-state index contributed by atoms with van der Waals surface area (Å²) in [6.07, 6.45) is 1.46. The summed E-state index contributed by atoms with van der Waals surface area (Å²) in [7, 11) is 0. The number of carbonyl (C=O) groups is 4. The zero-order valence-electron chi connectivity index (χ0n) is 13.1. The Bertz CT molecular complexity index is 657. The monoisotopic (exact) mass is 317 g/mol. The molecule has 0 spiro atoms. The maximum atomic E-state index is 12.6. The van der Waals surface area contributed by atoms with E-state index >= 15 is 0 Å². The molecule has 7 heteroatoms. The van der Waals surface area contributed by atoms with E-state index < -0.39 is 11.9 Å². The second-order valence-corrected chi connectivity index (χ2v) is 5.38. The summed E-state index contributed by atoms with van der Waals surface area (Å²) >= 11 is 0. The smallest absolute Gasteiger partial charge is 0.255 e. The van der Waals surface area contributed by atoms with Crippen LogP contribution in [0.4, 0.5) is 5.69 Å². The van der Waals surface area contributed by atoms with Gasteiger partial charge in [0.2, 0.25) is 18.2 Å². The van der Waals surface area contributed by atoms with E-state index in [1.54, 1.807) is 18.2 Å². The molecule has 1 aliphatic heterocycles. The summed E-state index contributed by atoms with van der Waals surface area (Å²) < 4.78 is 0. The molecule has 0 bridgehead atoms. The molecule has 1 aliphatic rings. The highest BCUT2D eigenvalue weighted by Gasteiger charge is 2.36. The second-order valence-electron chi connectivity index (χ2n) is 5.38. The highest BCUT2D eigenvalue weighted by Crippen LogP contribution is 2.31. The van der Waals surface area contributed by atoms with Gasteiger partial charge in [0.15, 0.2) is 0 Å². The quantitative estimate of drug-likeness (QED) is 0.766. The number of fused-ring (bicyclic) bond motifs is 1. The molecule has 4 amide bonds. The minimum Gasteiger partial charge on any atom is -0.326 e. The summed E-state index contributed by atoms with van der Waals surface area (Å²) in [6, 6.07) is 4.36. The van der Waals surface area contributed by atoms with E-state index in [1.807, 2.05) is 6.92 Å². The lowest BCUT2D eigenvalue weighted by molar-refractivity contribution is -0.129. The summed E-state index contributed by atoms with van der Waals surface area (Å²) in [5.74, 6) is -0.996. The van der Waals surface area contributed by atoms with Crippen molar-refractivity contribution in [3.8, 4) is 0 Å². The lowest BCUT2D eigenvalue weighted by Crippen LogP contribution is -2.46. The fraction of sp³-hybridized carbons (Fsp3) is 0.375. The predicted molar refractivity (Wildman–Crippen MR) is 83.5 cm³/mol. The van der Waals surface area contributed by atoms with Crippen LogP contribution in [0.2, 0.25) is 0 Å². The number of nitrogens with one attached hydrogen (secondary N) is 2. The lowest BCUT2D eigenvalue weighted by Gasteiger charge is -2.25. The van der Waals surface area contributed by atoms with E-state index in [4.69, 9.17) is 0 Å². The summed E-state index contributed by atoms with van der Waals surface area (Å²) in [5.41, 5.74) is 1.72. The Labute approximate surface area is 134 Å². The van der Waals surface area contributed by atoms with Crippen molar-refractivity contribution in [2.75, 3.05) is 5.32 Å². The number of anilines is 1. The topological polar surface area (TPSA) is 95.6 Å². The van der Waals surface area contributed by atoms with E-state index in [9.17, 15) is 19.2 Å². The maximum absolute atomic E-state index is 12.6. The standard InChI is InChI=1S/C16H19N3O4/c1-3-5-14(15(22)17-9-20)19-8-12-11(16(19)23)6-4-7-13(12)18-10(2)21/h4,6-7,9,14H,3,5,8H2,1-2H3,(H,18,21)(H,17,20,22). The third kappa shape index (κ3) is 3.39. The van der Waals surface area contributed by atoms with Crippen molar-refractivity contribution in [3.05, 3.63) is 29.3 Å². The number of rotatable bonds is 6. The van der Waals surface area contributed by atoms with Gasteiger partial charge in [-0.1, -0.05) is 19.4 Å². The van der Waals surface area contributed by atoms with Crippen LogP contribution < -0.4 is 10.6 Å². The zero-order valence-corrected chi connectivity index (χ0v) is 13.1. The van der Waals surface area contributed by atoms with Gasteiger partial charge >= 0.3 is 0 Å². The fourth-order valence-corrected chi connectivity index (χ4v) is 2.77. The molecule has 0 saturated carbocycles. The molecule has 1 aromatic carbocycles. The fourth-order valence-electron chi connectivity index (χ4n) is 2.77. The second kappa shape index (κ2) is 7.04. The van der Waals surface area contributed by atoms with Crippen LogP contribution in [-0.2, 0) is 20.9 Å². The first-order valence-corrected chi connectivity index (χ1v) is 7.44. The molecule has 7 nitrogen and oxygen atoms in total. The first kappa shape index (κ1) is 16.7. The molecule has 0 aromatic heterocycles. The van der Waals surface area contributed by atoms with Gasteiger partial charge in [-0.25, -0.2) is 0 Å². The van der Waals surface area contributed by atoms with Crippen molar-refractivity contribution in [2.24, 2.45) is 0 Å². The number of nitrogens with zero attached hydrogens (tertiary/aromatic N) is 1. The van der Waals surface area contributed by atoms with Crippen molar-refractivity contribution < 1.29 is 19.2 Å². The molecular weight excluding hydrogens is 298 g/mol. The van der Waals surface area contributed by atoms with E-state index in [0.29, 0.717) is 36.1 Å². The predicted octanol–water partition coefficient (Wildman–Crippen LogP) is 1.04. The Morgan fingerprint density at radius 3 is 2.74 bits per heavy atom. The van der Waals surface area contributed by atoms with Gasteiger partial charge in [0.1, 0.15) is 6.04 Å². The first-order valence-electron chi connectivity index (χ1n) is 7.44. The van der Waals surface area contributed by atoms with Crippen LogP contribution in [0.25, 0.3) is 0 Å². The van der Waals surface area contributed by atoms with Crippen LogP contribution in [-0.4, -0.2) is 35.1 Å². The van der Waals surface area contributed by atoms with Gasteiger partial charge in [0.05, 0.1) is 0 Å².